The Balaban J connectivity index is 1.51. The van der Waals surface area contributed by atoms with E-state index in [1.165, 1.54) is 46.8 Å². The van der Waals surface area contributed by atoms with Crippen LogP contribution in [0.4, 0.5) is 10.8 Å². The minimum absolute atomic E-state index is 0.0491. The molecular formula is C18H16N4O5S2. The molecule has 0 aliphatic heterocycles. The van der Waals surface area contributed by atoms with Gasteiger partial charge in [-0.2, -0.15) is 4.31 Å². The molecule has 11 heteroatoms. The summed E-state index contributed by atoms with van der Waals surface area (Å²) >= 11 is 1.12. The Labute approximate surface area is 170 Å². The maximum atomic E-state index is 12.5. The van der Waals surface area contributed by atoms with Crippen molar-refractivity contribution in [2.24, 2.45) is 0 Å². The van der Waals surface area contributed by atoms with E-state index in [0.717, 1.165) is 24.2 Å². The summed E-state index contributed by atoms with van der Waals surface area (Å²) in [6.07, 6.45) is 1.73. The molecule has 2 aromatic carbocycles. The number of carbonyl (C=O) groups excluding carboxylic acids is 1. The number of rotatable bonds is 6. The molecule has 3 aromatic rings. The van der Waals surface area contributed by atoms with Gasteiger partial charge < -0.3 is 0 Å². The van der Waals surface area contributed by atoms with Crippen molar-refractivity contribution in [3.8, 4) is 0 Å². The summed E-state index contributed by atoms with van der Waals surface area (Å²) in [6, 6.07) is 10.0. The number of nitro benzene ring substituents is 1. The van der Waals surface area contributed by atoms with Crippen LogP contribution < -0.4 is 5.32 Å². The monoisotopic (exact) mass is 432 g/mol. The fourth-order valence-corrected chi connectivity index (χ4v) is 5.14. The van der Waals surface area contributed by atoms with Crippen molar-refractivity contribution in [3.63, 3.8) is 0 Å². The van der Waals surface area contributed by atoms with Crippen LogP contribution in [0, 0.1) is 10.1 Å². The summed E-state index contributed by atoms with van der Waals surface area (Å²) < 4.78 is 27.0. The predicted octanol–water partition coefficient (Wildman–Crippen LogP) is 3.24. The van der Waals surface area contributed by atoms with Gasteiger partial charge in [0.25, 0.3) is 11.6 Å². The van der Waals surface area contributed by atoms with Crippen LogP contribution in [0.2, 0.25) is 0 Å². The van der Waals surface area contributed by atoms with Crippen molar-refractivity contribution in [2.45, 2.75) is 23.8 Å². The van der Waals surface area contributed by atoms with Gasteiger partial charge in [-0.1, -0.05) is 11.3 Å². The number of nitrogens with zero attached hydrogens (tertiary/aromatic N) is 3. The molecule has 0 atom stereocenters. The van der Waals surface area contributed by atoms with E-state index in [-0.39, 0.29) is 22.2 Å². The standard InChI is InChI=1S/C18H16N4O5S2/c1-21(12-4-5-12)29(26,27)14-7-2-11(3-8-14)17(23)20-18-19-15-9-6-13(22(24)25)10-16(15)28-18/h2-3,6-10,12H,4-5H2,1H3,(H,19,20,23). The van der Waals surface area contributed by atoms with Gasteiger partial charge in [-0.3, -0.25) is 20.2 Å². The van der Waals surface area contributed by atoms with Gasteiger partial charge in [-0.15, -0.1) is 0 Å². The Hall–Kier alpha value is -2.89. The third kappa shape index (κ3) is 3.84. The van der Waals surface area contributed by atoms with E-state index >= 15 is 0 Å². The van der Waals surface area contributed by atoms with E-state index in [9.17, 15) is 23.3 Å². The van der Waals surface area contributed by atoms with Gasteiger partial charge in [0.05, 0.1) is 20.0 Å². The molecule has 1 fully saturated rings. The molecule has 4 rings (SSSR count). The number of carbonyl (C=O) groups is 1. The molecule has 0 bridgehead atoms. The molecule has 150 valence electrons. The van der Waals surface area contributed by atoms with E-state index in [1.807, 2.05) is 0 Å². The molecule has 0 unspecified atom stereocenters. The van der Waals surface area contributed by atoms with Crippen LogP contribution in [0.1, 0.15) is 23.2 Å². The Morgan fingerprint density at radius 1 is 1.24 bits per heavy atom. The van der Waals surface area contributed by atoms with E-state index in [0.29, 0.717) is 15.3 Å². The number of nitro groups is 1. The highest BCUT2D eigenvalue weighted by Crippen LogP contribution is 2.31. The van der Waals surface area contributed by atoms with Gasteiger partial charge >= 0.3 is 0 Å². The molecule has 1 aromatic heterocycles. The minimum atomic E-state index is -3.57. The SMILES string of the molecule is CN(C1CC1)S(=O)(=O)c1ccc(C(=O)Nc2nc3ccc([N+](=O)[O-])cc3s2)cc1. The molecule has 1 aliphatic carbocycles. The maximum absolute atomic E-state index is 12.5. The van der Waals surface area contributed by atoms with Gasteiger partial charge in [0.15, 0.2) is 5.13 Å². The first kappa shape index (κ1) is 19.4. The van der Waals surface area contributed by atoms with Gasteiger partial charge in [0.1, 0.15) is 0 Å². The summed E-state index contributed by atoms with van der Waals surface area (Å²) in [7, 11) is -2.01. The lowest BCUT2D eigenvalue weighted by Gasteiger charge is -2.16. The van der Waals surface area contributed by atoms with Crippen molar-refractivity contribution in [2.75, 3.05) is 12.4 Å². The Kier molecular flexibility index (Phi) is 4.81. The largest absolute Gasteiger partial charge is 0.298 e. The zero-order chi connectivity index (χ0) is 20.8. The number of fused-ring (bicyclic) bond motifs is 1. The molecule has 0 spiro atoms. The van der Waals surface area contributed by atoms with Crippen molar-refractivity contribution < 1.29 is 18.1 Å². The third-order valence-corrected chi connectivity index (χ3v) is 7.52. The summed E-state index contributed by atoms with van der Waals surface area (Å²) in [4.78, 5) is 27.2. The van der Waals surface area contributed by atoms with Gasteiger partial charge in [0.2, 0.25) is 10.0 Å². The van der Waals surface area contributed by atoms with Crippen molar-refractivity contribution in [3.05, 3.63) is 58.1 Å². The lowest BCUT2D eigenvalue weighted by atomic mass is 10.2. The Morgan fingerprint density at radius 2 is 1.93 bits per heavy atom. The topological polar surface area (TPSA) is 123 Å². The van der Waals surface area contributed by atoms with E-state index in [4.69, 9.17) is 0 Å². The second kappa shape index (κ2) is 7.17. The summed E-state index contributed by atoms with van der Waals surface area (Å²) in [5, 5.41) is 13.8. The second-order valence-corrected chi connectivity index (χ2v) is 9.69. The number of non-ortho nitro benzene ring substituents is 1. The van der Waals surface area contributed by atoms with Gasteiger partial charge in [-0.05, 0) is 43.2 Å². The van der Waals surface area contributed by atoms with Crippen LogP contribution in [0.3, 0.4) is 0 Å². The normalized spacial score (nSPS) is 14.3. The van der Waals surface area contributed by atoms with Crippen LogP contribution in [0.15, 0.2) is 47.4 Å². The molecule has 1 amide bonds. The van der Waals surface area contributed by atoms with Crippen LogP contribution in [-0.4, -0.2) is 41.6 Å². The van der Waals surface area contributed by atoms with E-state index < -0.39 is 20.9 Å². The Morgan fingerprint density at radius 3 is 2.55 bits per heavy atom. The number of hydrogen-bond acceptors (Lipinski definition) is 7. The highest BCUT2D eigenvalue weighted by molar-refractivity contribution is 7.89. The highest BCUT2D eigenvalue weighted by Gasteiger charge is 2.35. The zero-order valence-electron chi connectivity index (χ0n) is 15.2. The first-order valence-electron chi connectivity index (χ1n) is 8.70. The molecule has 0 saturated heterocycles. The number of nitrogens with one attached hydrogen (secondary N) is 1. The van der Waals surface area contributed by atoms with Gasteiger partial charge in [0, 0.05) is 30.8 Å². The number of thiazole rings is 1. The van der Waals surface area contributed by atoms with Gasteiger partial charge in [-0.25, -0.2) is 13.4 Å². The number of aromatic nitrogens is 1. The number of hydrogen-bond donors (Lipinski definition) is 1. The fraction of sp³-hybridized carbons (Fsp3) is 0.222. The number of sulfonamides is 1. The first-order chi connectivity index (χ1) is 13.8. The fourth-order valence-electron chi connectivity index (χ4n) is 2.83. The first-order valence-corrected chi connectivity index (χ1v) is 11.0. The molecule has 1 aliphatic rings. The van der Waals surface area contributed by atoms with E-state index in [2.05, 4.69) is 10.3 Å². The van der Waals surface area contributed by atoms with Crippen LogP contribution in [-0.2, 0) is 10.0 Å². The van der Waals surface area contributed by atoms with Crippen LogP contribution in [0.5, 0.6) is 0 Å². The molecule has 29 heavy (non-hydrogen) atoms. The molecule has 1 heterocycles. The van der Waals surface area contributed by atoms with Crippen LogP contribution in [0.25, 0.3) is 10.2 Å². The average Bonchev–Trinajstić information content (AvgIpc) is 3.46. The quantitative estimate of drug-likeness (QED) is 0.471. The second-order valence-electron chi connectivity index (χ2n) is 6.66. The summed E-state index contributed by atoms with van der Waals surface area (Å²) in [5.41, 5.74) is 0.774. The lowest BCUT2D eigenvalue weighted by molar-refractivity contribution is -0.384. The van der Waals surface area contributed by atoms with Crippen molar-refractivity contribution in [1.29, 1.82) is 0 Å². The van der Waals surface area contributed by atoms with Crippen LogP contribution >= 0.6 is 11.3 Å². The third-order valence-electron chi connectivity index (χ3n) is 4.66. The minimum Gasteiger partial charge on any atom is -0.298 e. The molecular weight excluding hydrogens is 416 g/mol. The number of benzene rings is 2. The molecule has 0 radical (unpaired) electrons. The lowest BCUT2D eigenvalue weighted by Crippen LogP contribution is -2.29. The average molecular weight is 432 g/mol. The predicted molar refractivity (Wildman–Crippen MR) is 109 cm³/mol. The maximum Gasteiger partial charge on any atom is 0.270 e. The smallest absolute Gasteiger partial charge is 0.270 e. The molecule has 1 saturated carbocycles. The Bertz CT molecular complexity index is 1220. The van der Waals surface area contributed by atoms with Crippen molar-refractivity contribution in [1.82, 2.24) is 9.29 Å². The molecule has 9 nitrogen and oxygen atoms in total. The summed E-state index contributed by atoms with van der Waals surface area (Å²) in [6.45, 7) is 0. The number of anilines is 1. The number of amides is 1. The van der Waals surface area contributed by atoms with Crippen molar-refractivity contribution >= 4 is 48.3 Å². The zero-order valence-corrected chi connectivity index (χ0v) is 16.9. The highest BCUT2D eigenvalue weighted by atomic mass is 32.2. The summed E-state index contributed by atoms with van der Waals surface area (Å²) in [5.74, 6) is -0.446. The molecule has 1 N–H and O–H groups in total. The van der Waals surface area contributed by atoms with E-state index in [1.54, 1.807) is 7.05 Å².